The van der Waals surface area contributed by atoms with E-state index in [0.717, 1.165) is 25.9 Å². The molecule has 2 aliphatic heterocycles. The number of rotatable bonds is 3. The minimum absolute atomic E-state index is 0.0516. The third kappa shape index (κ3) is 4.09. The van der Waals surface area contributed by atoms with Gasteiger partial charge >= 0.3 is 12.0 Å². The Morgan fingerprint density at radius 2 is 1.84 bits per heavy atom. The summed E-state index contributed by atoms with van der Waals surface area (Å²) < 4.78 is 5.35. The Morgan fingerprint density at radius 1 is 1.16 bits per heavy atom. The van der Waals surface area contributed by atoms with Gasteiger partial charge in [-0.2, -0.15) is 0 Å². The van der Waals surface area contributed by atoms with Crippen LogP contribution in [0.25, 0.3) is 0 Å². The standard InChI is InChI=1S/C13H22N2O4/c16-12(17)11-6-5-10(19-11)9-14-13(18)15-7-3-1-2-4-8-15/h10-11H,1-9H2,(H,14,18)(H,16,17). The molecule has 19 heavy (non-hydrogen) atoms. The van der Waals surface area contributed by atoms with Crippen LogP contribution in [0.15, 0.2) is 0 Å². The van der Waals surface area contributed by atoms with Gasteiger partial charge in [-0.3, -0.25) is 0 Å². The number of carboxylic acids is 1. The van der Waals surface area contributed by atoms with E-state index in [1.807, 2.05) is 4.90 Å². The molecule has 0 spiro atoms. The second-order valence-electron chi connectivity index (χ2n) is 5.25. The molecule has 2 rings (SSSR count). The molecule has 2 heterocycles. The lowest BCUT2D eigenvalue weighted by atomic mass is 10.2. The van der Waals surface area contributed by atoms with Crippen LogP contribution in [0.2, 0.25) is 0 Å². The van der Waals surface area contributed by atoms with Gasteiger partial charge in [0, 0.05) is 19.6 Å². The number of aliphatic carboxylic acids is 1. The molecule has 0 aromatic rings. The zero-order valence-electron chi connectivity index (χ0n) is 11.1. The minimum atomic E-state index is -0.915. The lowest BCUT2D eigenvalue weighted by molar-refractivity contribution is -0.149. The molecule has 0 aromatic carbocycles. The topological polar surface area (TPSA) is 78.9 Å². The second-order valence-corrected chi connectivity index (χ2v) is 5.25. The highest BCUT2D eigenvalue weighted by molar-refractivity contribution is 5.74. The molecule has 2 N–H and O–H groups in total. The Labute approximate surface area is 113 Å². The van der Waals surface area contributed by atoms with Gasteiger partial charge in [0.1, 0.15) is 0 Å². The van der Waals surface area contributed by atoms with Gasteiger partial charge in [0.05, 0.1) is 6.10 Å². The predicted octanol–water partition coefficient (Wildman–Crippen LogP) is 1.20. The summed E-state index contributed by atoms with van der Waals surface area (Å²) in [5.41, 5.74) is 0. The molecular formula is C13H22N2O4. The van der Waals surface area contributed by atoms with Gasteiger partial charge in [-0.15, -0.1) is 0 Å². The number of hydrogen-bond donors (Lipinski definition) is 2. The van der Waals surface area contributed by atoms with Crippen LogP contribution in [-0.2, 0) is 9.53 Å². The molecular weight excluding hydrogens is 248 g/mol. The molecule has 2 saturated heterocycles. The van der Waals surface area contributed by atoms with Crippen LogP contribution in [-0.4, -0.2) is 53.8 Å². The molecule has 2 atom stereocenters. The van der Waals surface area contributed by atoms with E-state index in [1.54, 1.807) is 0 Å². The number of carboxylic acid groups (broad SMARTS) is 1. The molecule has 6 heteroatoms. The Balaban J connectivity index is 1.70. The third-order valence-electron chi connectivity index (χ3n) is 3.76. The van der Waals surface area contributed by atoms with Gasteiger partial charge in [0.15, 0.2) is 6.10 Å². The summed E-state index contributed by atoms with van der Waals surface area (Å²) in [5.74, 6) is -0.915. The van der Waals surface area contributed by atoms with Crippen molar-refractivity contribution in [2.45, 2.75) is 50.7 Å². The maximum atomic E-state index is 12.0. The lowest BCUT2D eigenvalue weighted by Crippen LogP contribution is -2.43. The molecule has 2 aliphatic rings. The van der Waals surface area contributed by atoms with Crippen LogP contribution in [0, 0.1) is 0 Å². The number of likely N-dealkylation sites (tertiary alicyclic amines) is 1. The van der Waals surface area contributed by atoms with Gasteiger partial charge in [-0.1, -0.05) is 12.8 Å². The first kappa shape index (κ1) is 14.1. The van der Waals surface area contributed by atoms with Gasteiger partial charge < -0.3 is 20.1 Å². The summed E-state index contributed by atoms with van der Waals surface area (Å²) in [6, 6.07) is -0.0516. The monoisotopic (exact) mass is 270 g/mol. The van der Waals surface area contributed by atoms with E-state index < -0.39 is 12.1 Å². The second kappa shape index (κ2) is 6.75. The zero-order valence-corrected chi connectivity index (χ0v) is 11.1. The van der Waals surface area contributed by atoms with E-state index >= 15 is 0 Å². The number of hydrogen-bond acceptors (Lipinski definition) is 3. The fraction of sp³-hybridized carbons (Fsp3) is 0.846. The van der Waals surface area contributed by atoms with E-state index in [0.29, 0.717) is 19.4 Å². The van der Waals surface area contributed by atoms with Crippen molar-refractivity contribution in [2.75, 3.05) is 19.6 Å². The van der Waals surface area contributed by atoms with E-state index in [4.69, 9.17) is 9.84 Å². The van der Waals surface area contributed by atoms with Crippen molar-refractivity contribution in [3.63, 3.8) is 0 Å². The van der Waals surface area contributed by atoms with Crippen LogP contribution in [0.1, 0.15) is 38.5 Å². The quantitative estimate of drug-likeness (QED) is 0.807. The summed E-state index contributed by atoms with van der Waals surface area (Å²) in [7, 11) is 0. The molecule has 0 saturated carbocycles. The van der Waals surface area contributed by atoms with Gasteiger partial charge in [-0.25, -0.2) is 9.59 Å². The molecule has 108 valence electrons. The molecule has 0 bridgehead atoms. The van der Waals surface area contributed by atoms with Crippen LogP contribution >= 0.6 is 0 Å². The van der Waals surface area contributed by atoms with E-state index in [2.05, 4.69) is 5.32 Å². The summed E-state index contributed by atoms with van der Waals surface area (Å²) in [4.78, 5) is 24.6. The highest BCUT2D eigenvalue weighted by atomic mass is 16.5. The summed E-state index contributed by atoms with van der Waals surface area (Å²) in [6.07, 6.45) is 4.85. The summed E-state index contributed by atoms with van der Waals surface area (Å²) >= 11 is 0. The maximum Gasteiger partial charge on any atom is 0.332 e. The molecule has 2 unspecified atom stereocenters. The zero-order chi connectivity index (χ0) is 13.7. The predicted molar refractivity (Wildman–Crippen MR) is 69.0 cm³/mol. The van der Waals surface area contributed by atoms with Crippen LogP contribution in [0.4, 0.5) is 4.79 Å². The number of nitrogens with zero attached hydrogens (tertiary/aromatic N) is 1. The average Bonchev–Trinajstić information content (AvgIpc) is 2.70. The minimum Gasteiger partial charge on any atom is -0.479 e. The maximum absolute atomic E-state index is 12.0. The Morgan fingerprint density at radius 3 is 2.42 bits per heavy atom. The highest BCUT2D eigenvalue weighted by Gasteiger charge is 2.30. The van der Waals surface area contributed by atoms with Crippen molar-refractivity contribution in [3.05, 3.63) is 0 Å². The number of ether oxygens (including phenoxy) is 1. The number of amides is 2. The van der Waals surface area contributed by atoms with Crippen LogP contribution in [0.5, 0.6) is 0 Å². The lowest BCUT2D eigenvalue weighted by Gasteiger charge is -2.22. The van der Waals surface area contributed by atoms with E-state index in [1.165, 1.54) is 12.8 Å². The molecule has 6 nitrogen and oxygen atoms in total. The van der Waals surface area contributed by atoms with Crippen LogP contribution < -0.4 is 5.32 Å². The first-order valence-electron chi connectivity index (χ1n) is 7.08. The smallest absolute Gasteiger partial charge is 0.332 e. The van der Waals surface area contributed by atoms with E-state index in [9.17, 15) is 9.59 Å². The SMILES string of the molecule is O=C(O)C1CCC(CNC(=O)N2CCCCCC2)O1. The molecule has 2 fully saturated rings. The van der Waals surface area contributed by atoms with Crippen molar-refractivity contribution >= 4 is 12.0 Å². The van der Waals surface area contributed by atoms with E-state index in [-0.39, 0.29) is 12.1 Å². The Hall–Kier alpha value is -1.30. The first-order chi connectivity index (χ1) is 9.16. The number of carbonyl (C=O) groups is 2. The van der Waals surface area contributed by atoms with Crippen molar-refractivity contribution in [3.8, 4) is 0 Å². The van der Waals surface area contributed by atoms with Crippen molar-refractivity contribution in [1.29, 1.82) is 0 Å². The fourth-order valence-corrected chi connectivity index (χ4v) is 2.62. The Bertz CT molecular complexity index is 327. The third-order valence-corrected chi connectivity index (χ3v) is 3.76. The summed E-state index contributed by atoms with van der Waals surface area (Å²) in [5, 5.41) is 11.7. The highest BCUT2D eigenvalue weighted by Crippen LogP contribution is 2.19. The van der Waals surface area contributed by atoms with Gasteiger partial charge in [0.25, 0.3) is 0 Å². The van der Waals surface area contributed by atoms with Gasteiger partial charge in [0.2, 0.25) is 0 Å². The molecule has 0 radical (unpaired) electrons. The summed E-state index contributed by atoms with van der Waals surface area (Å²) in [6.45, 7) is 2.03. The number of urea groups is 1. The van der Waals surface area contributed by atoms with Crippen molar-refractivity contribution in [1.82, 2.24) is 10.2 Å². The Kier molecular flexibility index (Phi) is 5.01. The molecule has 2 amide bonds. The van der Waals surface area contributed by atoms with Gasteiger partial charge in [-0.05, 0) is 25.7 Å². The number of nitrogens with one attached hydrogen (secondary N) is 1. The average molecular weight is 270 g/mol. The van der Waals surface area contributed by atoms with Crippen molar-refractivity contribution in [2.24, 2.45) is 0 Å². The molecule has 0 aromatic heterocycles. The fourth-order valence-electron chi connectivity index (χ4n) is 2.62. The number of carbonyl (C=O) groups excluding carboxylic acids is 1. The first-order valence-corrected chi connectivity index (χ1v) is 7.08. The largest absolute Gasteiger partial charge is 0.479 e. The molecule has 0 aliphatic carbocycles. The van der Waals surface area contributed by atoms with Crippen LogP contribution in [0.3, 0.4) is 0 Å². The normalized spacial score (nSPS) is 27.9. The van der Waals surface area contributed by atoms with Crippen molar-refractivity contribution < 1.29 is 19.4 Å².